The molecule has 0 heterocycles. The Hall–Kier alpha value is -1.18. The molecule has 1 fully saturated rings. The van der Waals surface area contributed by atoms with Crippen molar-refractivity contribution in [2.75, 3.05) is 33.4 Å². The molecule has 0 saturated heterocycles. The van der Waals surface area contributed by atoms with Crippen LogP contribution in [0.15, 0.2) is 24.3 Å². The van der Waals surface area contributed by atoms with Crippen LogP contribution in [0, 0.1) is 0 Å². The molecule has 0 bridgehead atoms. The smallest absolute Gasteiger partial charge is 0.119 e. The summed E-state index contributed by atoms with van der Waals surface area (Å²) in [5, 5.41) is 31.5. The van der Waals surface area contributed by atoms with E-state index in [9.17, 15) is 5.11 Å². The standard InChI is InChI=1S/C20H34N2O4/c1-22(18-7-3-2-4-8-18)12-19(25)15-26-20-9-5-6-16(10-20)11-21-17(13-23)14-24/h5-6,9-10,17-19,21,23-25H,2-4,7-8,11-15H2,1H3/t19-/m0/s1. The highest BCUT2D eigenvalue weighted by Gasteiger charge is 2.20. The van der Waals surface area contributed by atoms with E-state index in [1.807, 2.05) is 24.3 Å². The first-order chi connectivity index (χ1) is 12.6. The van der Waals surface area contributed by atoms with Crippen molar-refractivity contribution in [1.82, 2.24) is 10.2 Å². The Kier molecular flexibility index (Phi) is 9.36. The number of aliphatic hydroxyl groups excluding tert-OH is 3. The zero-order valence-corrected chi connectivity index (χ0v) is 15.8. The predicted molar refractivity (Wildman–Crippen MR) is 102 cm³/mol. The normalized spacial score (nSPS) is 17.0. The van der Waals surface area contributed by atoms with E-state index in [1.54, 1.807) is 0 Å². The highest BCUT2D eigenvalue weighted by molar-refractivity contribution is 5.28. The summed E-state index contributed by atoms with van der Waals surface area (Å²) >= 11 is 0. The van der Waals surface area contributed by atoms with Crippen molar-refractivity contribution in [3.8, 4) is 5.75 Å². The fourth-order valence-electron chi connectivity index (χ4n) is 3.44. The van der Waals surface area contributed by atoms with Crippen LogP contribution in [0.25, 0.3) is 0 Å². The molecule has 2 rings (SSSR count). The van der Waals surface area contributed by atoms with Crippen LogP contribution in [0.2, 0.25) is 0 Å². The van der Waals surface area contributed by atoms with E-state index < -0.39 is 6.10 Å². The first-order valence-corrected chi connectivity index (χ1v) is 9.67. The van der Waals surface area contributed by atoms with Crippen molar-refractivity contribution in [2.45, 2.75) is 56.8 Å². The Morgan fingerprint density at radius 3 is 2.62 bits per heavy atom. The van der Waals surface area contributed by atoms with E-state index in [0.29, 0.717) is 24.9 Å². The van der Waals surface area contributed by atoms with Gasteiger partial charge < -0.3 is 30.3 Å². The third-order valence-electron chi connectivity index (χ3n) is 5.07. The number of hydrogen-bond donors (Lipinski definition) is 4. The minimum atomic E-state index is -0.517. The first-order valence-electron chi connectivity index (χ1n) is 9.67. The van der Waals surface area contributed by atoms with Crippen LogP contribution < -0.4 is 10.1 Å². The number of hydrogen-bond acceptors (Lipinski definition) is 6. The molecule has 0 amide bonds. The van der Waals surface area contributed by atoms with Crippen molar-refractivity contribution in [2.24, 2.45) is 0 Å². The summed E-state index contributed by atoms with van der Waals surface area (Å²) in [7, 11) is 2.09. The second kappa shape index (κ2) is 11.5. The zero-order valence-electron chi connectivity index (χ0n) is 15.8. The van der Waals surface area contributed by atoms with Gasteiger partial charge in [-0.3, -0.25) is 0 Å². The van der Waals surface area contributed by atoms with Gasteiger partial charge in [0, 0.05) is 19.1 Å². The number of benzene rings is 1. The Balaban J connectivity index is 1.74. The molecular formula is C20H34N2O4. The third-order valence-corrected chi connectivity index (χ3v) is 5.07. The Bertz CT molecular complexity index is 504. The van der Waals surface area contributed by atoms with Crippen LogP contribution in [0.3, 0.4) is 0 Å². The van der Waals surface area contributed by atoms with Gasteiger partial charge in [-0.15, -0.1) is 0 Å². The monoisotopic (exact) mass is 366 g/mol. The van der Waals surface area contributed by atoms with Gasteiger partial charge in [0.05, 0.1) is 19.3 Å². The van der Waals surface area contributed by atoms with Crippen molar-refractivity contribution >= 4 is 0 Å². The van der Waals surface area contributed by atoms with Gasteiger partial charge in [0.15, 0.2) is 0 Å². The summed E-state index contributed by atoms with van der Waals surface area (Å²) in [6.07, 6.45) is 5.84. The SMILES string of the molecule is CN(C[C@H](O)COc1cccc(CNC(CO)CO)c1)C1CCCCC1. The van der Waals surface area contributed by atoms with E-state index in [0.717, 1.165) is 5.56 Å². The van der Waals surface area contributed by atoms with Crippen LogP contribution in [-0.4, -0.2) is 71.8 Å². The van der Waals surface area contributed by atoms with Crippen LogP contribution in [0.4, 0.5) is 0 Å². The van der Waals surface area contributed by atoms with E-state index in [-0.39, 0.29) is 25.9 Å². The molecule has 1 aliphatic rings. The molecule has 1 aliphatic carbocycles. The molecule has 1 aromatic carbocycles. The molecule has 1 aromatic rings. The molecular weight excluding hydrogens is 332 g/mol. The van der Waals surface area contributed by atoms with Gasteiger partial charge in [-0.05, 0) is 37.6 Å². The average Bonchev–Trinajstić information content (AvgIpc) is 2.68. The van der Waals surface area contributed by atoms with Crippen LogP contribution in [0.1, 0.15) is 37.7 Å². The molecule has 6 heteroatoms. The molecule has 0 aliphatic heterocycles. The molecule has 0 aromatic heterocycles. The number of likely N-dealkylation sites (N-methyl/N-ethyl adjacent to an activating group) is 1. The summed E-state index contributed by atoms with van der Waals surface area (Å²) in [6, 6.07) is 7.90. The van der Waals surface area contributed by atoms with E-state index >= 15 is 0 Å². The van der Waals surface area contributed by atoms with Gasteiger partial charge in [0.2, 0.25) is 0 Å². The van der Waals surface area contributed by atoms with Gasteiger partial charge in [-0.2, -0.15) is 0 Å². The van der Waals surface area contributed by atoms with Gasteiger partial charge in [-0.1, -0.05) is 31.4 Å². The topological polar surface area (TPSA) is 85.2 Å². The van der Waals surface area contributed by atoms with Gasteiger partial charge in [-0.25, -0.2) is 0 Å². The summed E-state index contributed by atoms with van der Waals surface area (Å²) in [5.41, 5.74) is 1.00. The maximum atomic E-state index is 10.3. The Morgan fingerprint density at radius 2 is 1.92 bits per heavy atom. The predicted octanol–water partition coefficient (Wildman–Crippen LogP) is 1.13. The largest absolute Gasteiger partial charge is 0.491 e. The zero-order chi connectivity index (χ0) is 18.8. The molecule has 0 unspecified atom stereocenters. The molecule has 4 N–H and O–H groups in total. The van der Waals surface area contributed by atoms with Crippen molar-refractivity contribution in [3.05, 3.63) is 29.8 Å². The Morgan fingerprint density at radius 1 is 1.19 bits per heavy atom. The summed E-state index contributed by atoms with van der Waals surface area (Å²) in [4.78, 5) is 2.26. The molecule has 0 radical (unpaired) electrons. The van der Waals surface area contributed by atoms with Crippen molar-refractivity contribution < 1.29 is 20.1 Å². The summed E-state index contributed by atoms with van der Waals surface area (Å²) < 4.78 is 5.75. The van der Waals surface area contributed by atoms with Crippen LogP contribution in [-0.2, 0) is 6.54 Å². The second-order valence-corrected chi connectivity index (χ2v) is 7.29. The molecule has 6 nitrogen and oxygen atoms in total. The van der Waals surface area contributed by atoms with Gasteiger partial charge in [0.1, 0.15) is 18.5 Å². The molecule has 1 atom stereocenters. The van der Waals surface area contributed by atoms with E-state index in [2.05, 4.69) is 17.3 Å². The number of nitrogens with one attached hydrogen (secondary N) is 1. The quantitative estimate of drug-likeness (QED) is 0.470. The maximum absolute atomic E-state index is 10.3. The lowest BCUT2D eigenvalue weighted by Gasteiger charge is -2.32. The highest BCUT2D eigenvalue weighted by Crippen LogP contribution is 2.21. The van der Waals surface area contributed by atoms with Crippen molar-refractivity contribution in [3.63, 3.8) is 0 Å². The molecule has 0 spiro atoms. The van der Waals surface area contributed by atoms with Gasteiger partial charge in [0.25, 0.3) is 0 Å². The van der Waals surface area contributed by atoms with Crippen LogP contribution >= 0.6 is 0 Å². The second-order valence-electron chi connectivity index (χ2n) is 7.29. The number of nitrogens with zero attached hydrogens (tertiary/aromatic N) is 1. The summed E-state index contributed by atoms with van der Waals surface area (Å²) in [5.74, 6) is 0.716. The fraction of sp³-hybridized carbons (Fsp3) is 0.700. The number of aliphatic hydroxyl groups is 3. The van der Waals surface area contributed by atoms with Crippen molar-refractivity contribution in [1.29, 1.82) is 0 Å². The lowest BCUT2D eigenvalue weighted by atomic mass is 9.94. The lowest BCUT2D eigenvalue weighted by molar-refractivity contribution is 0.0561. The fourth-order valence-corrected chi connectivity index (χ4v) is 3.44. The lowest BCUT2D eigenvalue weighted by Crippen LogP contribution is -2.40. The summed E-state index contributed by atoms with van der Waals surface area (Å²) in [6.45, 7) is 1.22. The van der Waals surface area contributed by atoms with E-state index in [4.69, 9.17) is 14.9 Å². The Labute approximate surface area is 156 Å². The third kappa shape index (κ3) is 7.21. The molecule has 1 saturated carbocycles. The average molecular weight is 367 g/mol. The minimum Gasteiger partial charge on any atom is -0.491 e. The first kappa shape index (κ1) is 21.1. The molecule has 26 heavy (non-hydrogen) atoms. The maximum Gasteiger partial charge on any atom is 0.119 e. The van der Waals surface area contributed by atoms with E-state index in [1.165, 1.54) is 32.1 Å². The minimum absolute atomic E-state index is 0.104. The molecule has 148 valence electrons. The van der Waals surface area contributed by atoms with Crippen LogP contribution in [0.5, 0.6) is 5.75 Å². The highest BCUT2D eigenvalue weighted by atomic mass is 16.5. The number of rotatable bonds is 11. The number of ether oxygens (including phenoxy) is 1. The van der Waals surface area contributed by atoms with Gasteiger partial charge >= 0.3 is 0 Å².